The van der Waals surface area contributed by atoms with Crippen LogP contribution in [0.5, 0.6) is 0 Å². The van der Waals surface area contributed by atoms with Gasteiger partial charge in [-0.05, 0) is 24.6 Å². The van der Waals surface area contributed by atoms with Crippen LogP contribution in [0.25, 0.3) is 0 Å². The summed E-state index contributed by atoms with van der Waals surface area (Å²) in [7, 11) is 0. The van der Waals surface area contributed by atoms with E-state index in [0.717, 1.165) is 24.2 Å². The Labute approximate surface area is 97.8 Å². The number of rotatable bonds is 2. The van der Waals surface area contributed by atoms with Crippen molar-refractivity contribution in [2.75, 3.05) is 6.54 Å². The number of nitrogens with one attached hydrogen (secondary N) is 1. The molecule has 0 bridgehead atoms. The summed E-state index contributed by atoms with van der Waals surface area (Å²) in [5.41, 5.74) is 0.222. The average molecular weight is 245 g/mol. The van der Waals surface area contributed by atoms with Crippen molar-refractivity contribution in [1.82, 2.24) is 5.32 Å². The zero-order chi connectivity index (χ0) is 12.5. The highest BCUT2D eigenvalue weighted by molar-refractivity contribution is 5.25. The second-order valence-electron chi connectivity index (χ2n) is 4.24. The van der Waals surface area contributed by atoms with Gasteiger partial charge in [0.1, 0.15) is 6.23 Å². The third-order valence-electron chi connectivity index (χ3n) is 2.73. The van der Waals surface area contributed by atoms with Gasteiger partial charge in [0, 0.05) is 13.0 Å². The fourth-order valence-corrected chi connectivity index (χ4v) is 1.84. The molecule has 1 aliphatic rings. The third kappa shape index (κ3) is 3.20. The van der Waals surface area contributed by atoms with Crippen LogP contribution in [0.1, 0.15) is 18.1 Å². The highest BCUT2D eigenvalue weighted by Crippen LogP contribution is 2.29. The largest absolute Gasteiger partial charge is 0.416 e. The van der Waals surface area contributed by atoms with Crippen LogP contribution in [0.4, 0.5) is 13.2 Å². The lowest BCUT2D eigenvalue weighted by Crippen LogP contribution is -2.24. The summed E-state index contributed by atoms with van der Waals surface area (Å²) in [5.74, 6) is 0. The van der Waals surface area contributed by atoms with Crippen molar-refractivity contribution in [2.24, 2.45) is 0 Å². The van der Waals surface area contributed by atoms with Gasteiger partial charge < -0.3 is 4.74 Å². The van der Waals surface area contributed by atoms with E-state index >= 15 is 0 Å². The first-order valence-corrected chi connectivity index (χ1v) is 5.50. The van der Waals surface area contributed by atoms with Crippen LogP contribution < -0.4 is 5.32 Å². The van der Waals surface area contributed by atoms with Crippen molar-refractivity contribution in [2.45, 2.75) is 31.9 Å². The fraction of sp³-hybridized carbons (Fsp3) is 0.500. The van der Waals surface area contributed by atoms with E-state index in [1.807, 2.05) is 6.92 Å². The maximum atomic E-state index is 12.3. The van der Waals surface area contributed by atoms with Gasteiger partial charge in [0.15, 0.2) is 0 Å². The quantitative estimate of drug-likeness (QED) is 0.864. The Bertz CT molecular complexity index is 374. The predicted octanol–water partition coefficient (Wildman–Crippen LogP) is 2.58. The summed E-state index contributed by atoms with van der Waals surface area (Å²) in [6, 6.07) is 5.20. The van der Waals surface area contributed by atoms with Crippen molar-refractivity contribution in [3.8, 4) is 0 Å². The first kappa shape index (κ1) is 12.4. The van der Waals surface area contributed by atoms with Gasteiger partial charge in [0.25, 0.3) is 0 Å². The summed E-state index contributed by atoms with van der Waals surface area (Å²) in [4.78, 5) is 0. The maximum Gasteiger partial charge on any atom is 0.416 e. The molecule has 2 unspecified atom stereocenters. The normalized spacial score (nSPS) is 25.2. The standard InChI is InChI=1S/C12H14F3NO/c1-8-7-16-11(17-8)6-9-2-4-10(5-3-9)12(13,14)15/h2-5,8,11,16H,6-7H2,1H3. The Balaban J connectivity index is 1.99. The van der Waals surface area contributed by atoms with Gasteiger partial charge in [-0.15, -0.1) is 0 Å². The minimum absolute atomic E-state index is 0.0956. The van der Waals surface area contributed by atoms with E-state index in [1.54, 1.807) is 0 Å². The van der Waals surface area contributed by atoms with E-state index in [-0.39, 0.29) is 12.3 Å². The van der Waals surface area contributed by atoms with E-state index in [1.165, 1.54) is 12.1 Å². The number of benzene rings is 1. The monoisotopic (exact) mass is 245 g/mol. The molecule has 0 radical (unpaired) electrons. The van der Waals surface area contributed by atoms with Crippen molar-refractivity contribution in [1.29, 1.82) is 0 Å². The molecule has 1 aromatic carbocycles. The number of hydrogen-bond donors (Lipinski definition) is 1. The number of alkyl halides is 3. The van der Waals surface area contributed by atoms with Gasteiger partial charge in [-0.25, -0.2) is 0 Å². The van der Waals surface area contributed by atoms with Crippen LogP contribution in [-0.2, 0) is 17.3 Å². The lowest BCUT2D eigenvalue weighted by molar-refractivity contribution is -0.137. The molecule has 2 nitrogen and oxygen atoms in total. The molecular weight excluding hydrogens is 231 g/mol. The molecule has 1 fully saturated rings. The molecule has 1 aromatic rings. The van der Waals surface area contributed by atoms with Crippen LogP contribution in [0, 0.1) is 0 Å². The molecule has 0 aliphatic carbocycles. The number of hydrogen-bond acceptors (Lipinski definition) is 2. The van der Waals surface area contributed by atoms with E-state index in [0.29, 0.717) is 6.42 Å². The Morgan fingerprint density at radius 2 is 1.94 bits per heavy atom. The SMILES string of the molecule is CC1CNC(Cc2ccc(C(F)(F)F)cc2)O1. The highest BCUT2D eigenvalue weighted by atomic mass is 19.4. The summed E-state index contributed by atoms with van der Waals surface area (Å²) in [6.45, 7) is 2.74. The van der Waals surface area contributed by atoms with Crippen molar-refractivity contribution < 1.29 is 17.9 Å². The molecule has 17 heavy (non-hydrogen) atoms. The van der Waals surface area contributed by atoms with Gasteiger partial charge in [-0.3, -0.25) is 5.32 Å². The molecule has 1 heterocycles. The molecule has 1 saturated heterocycles. The molecule has 0 aromatic heterocycles. The maximum absolute atomic E-state index is 12.3. The molecular formula is C12H14F3NO. The van der Waals surface area contributed by atoms with Gasteiger partial charge in [-0.2, -0.15) is 13.2 Å². The Hall–Kier alpha value is -1.07. The molecule has 0 saturated carbocycles. The van der Waals surface area contributed by atoms with Crippen molar-refractivity contribution >= 4 is 0 Å². The van der Waals surface area contributed by atoms with Gasteiger partial charge in [-0.1, -0.05) is 12.1 Å². The van der Waals surface area contributed by atoms with Gasteiger partial charge >= 0.3 is 6.18 Å². The number of halogens is 3. The topological polar surface area (TPSA) is 21.3 Å². The molecule has 1 N–H and O–H groups in total. The Morgan fingerprint density at radius 3 is 2.41 bits per heavy atom. The predicted molar refractivity (Wildman–Crippen MR) is 57.5 cm³/mol. The Kier molecular flexibility index (Phi) is 3.40. The molecule has 2 atom stereocenters. The van der Waals surface area contributed by atoms with Crippen molar-refractivity contribution in [3.05, 3.63) is 35.4 Å². The summed E-state index contributed by atoms with van der Waals surface area (Å²) in [5, 5.41) is 3.16. The van der Waals surface area contributed by atoms with Crippen LogP contribution >= 0.6 is 0 Å². The summed E-state index contributed by atoms with van der Waals surface area (Å²) in [6.07, 6.45) is -3.62. The molecule has 94 valence electrons. The smallest absolute Gasteiger partial charge is 0.359 e. The van der Waals surface area contributed by atoms with E-state index in [9.17, 15) is 13.2 Å². The zero-order valence-corrected chi connectivity index (χ0v) is 9.42. The van der Waals surface area contributed by atoms with E-state index in [2.05, 4.69) is 5.32 Å². The molecule has 0 spiro atoms. The molecule has 2 rings (SSSR count). The van der Waals surface area contributed by atoms with Gasteiger partial charge in [0.2, 0.25) is 0 Å². The van der Waals surface area contributed by atoms with Crippen LogP contribution in [-0.4, -0.2) is 18.9 Å². The zero-order valence-electron chi connectivity index (χ0n) is 9.42. The minimum atomic E-state index is -4.27. The Morgan fingerprint density at radius 1 is 1.29 bits per heavy atom. The summed E-state index contributed by atoms with van der Waals surface area (Å²) < 4.78 is 42.5. The molecule has 0 amide bonds. The lowest BCUT2D eigenvalue weighted by atomic mass is 10.1. The summed E-state index contributed by atoms with van der Waals surface area (Å²) >= 11 is 0. The van der Waals surface area contributed by atoms with Crippen molar-refractivity contribution in [3.63, 3.8) is 0 Å². The van der Waals surface area contributed by atoms with E-state index < -0.39 is 11.7 Å². The minimum Gasteiger partial charge on any atom is -0.359 e. The van der Waals surface area contributed by atoms with E-state index in [4.69, 9.17) is 4.74 Å². The average Bonchev–Trinajstić information content (AvgIpc) is 2.63. The first-order valence-electron chi connectivity index (χ1n) is 5.50. The first-order chi connectivity index (χ1) is 7.95. The fourth-order valence-electron chi connectivity index (χ4n) is 1.84. The van der Waals surface area contributed by atoms with Crippen LogP contribution in [0.3, 0.4) is 0 Å². The third-order valence-corrected chi connectivity index (χ3v) is 2.73. The second kappa shape index (κ2) is 4.66. The van der Waals surface area contributed by atoms with Crippen LogP contribution in [0.15, 0.2) is 24.3 Å². The second-order valence-corrected chi connectivity index (χ2v) is 4.24. The molecule has 1 aliphatic heterocycles. The van der Waals surface area contributed by atoms with Crippen LogP contribution in [0.2, 0.25) is 0 Å². The van der Waals surface area contributed by atoms with Gasteiger partial charge in [0.05, 0.1) is 11.7 Å². The highest BCUT2D eigenvalue weighted by Gasteiger charge is 2.30. The molecule has 5 heteroatoms. The number of ether oxygens (including phenoxy) is 1. The lowest BCUT2D eigenvalue weighted by Gasteiger charge is -2.12.